The number of hydrogen-bond donors (Lipinski definition) is 0. The number of carbonyl (C=O) groups excluding carboxylic acids is 1. The molecular weight excluding hydrogens is 234 g/mol. The van der Waals surface area contributed by atoms with Crippen molar-refractivity contribution in [1.29, 1.82) is 0 Å². The van der Waals surface area contributed by atoms with Gasteiger partial charge in [0.05, 0.1) is 17.8 Å². The van der Waals surface area contributed by atoms with Crippen LogP contribution in [0.2, 0.25) is 0 Å². The average molecular weight is 249 g/mol. The lowest BCUT2D eigenvalue weighted by Crippen LogP contribution is -1.98. The molecule has 0 N–H and O–H groups in total. The predicted molar refractivity (Wildman–Crippen MR) is 68.4 cm³/mol. The van der Waals surface area contributed by atoms with Gasteiger partial charge in [0.15, 0.2) is 5.78 Å². The van der Waals surface area contributed by atoms with Crippen LogP contribution in [0.15, 0.2) is 24.5 Å². The van der Waals surface area contributed by atoms with Crippen LogP contribution in [0.5, 0.6) is 0 Å². The highest BCUT2D eigenvalue weighted by atomic mass is 16.6. The van der Waals surface area contributed by atoms with Crippen molar-refractivity contribution in [3.63, 3.8) is 0 Å². The van der Waals surface area contributed by atoms with Crippen LogP contribution in [0.3, 0.4) is 0 Å². The zero-order valence-corrected chi connectivity index (χ0v) is 10.4. The van der Waals surface area contributed by atoms with Gasteiger partial charge >= 0.3 is 0 Å². The van der Waals surface area contributed by atoms with E-state index in [2.05, 4.69) is 0 Å². The van der Waals surface area contributed by atoms with Crippen LogP contribution in [0.1, 0.15) is 36.2 Å². The van der Waals surface area contributed by atoms with Gasteiger partial charge in [0.25, 0.3) is 5.69 Å². The molecule has 0 atom stereocenters. The second-order valence-electron chi connectivity index (χ2n) is 3.76. The molecular formula is C13H15NO4. The summed E-state index contributed by atoms with van der Waals surface area (Å²) in [5.41, 5.74) is 0.889. The maximum atomic E-state index is 11.4. The van der Waals surface area contributed by atoms with E-state index in [-0.39, 0.29) is 11.5 Å². The Balaban J connectivity index is 3.03. The minimum absolute atomic E-state index is 0.0462. The summed E-state index contributed by atoms with van der Waals surface area (Å²) in [6.45, 7) is 3.97. The van der Waals surface area contributed by atoms with Crippen LogP contribution < -0.4 is 0 Å². The molecule has 5 heteroatoms. The van der Waals surface area contributed by atoms with E-state index in [9.17, 15) is 14.9 Å². The number of Topliss-reactive ketones (excluding diaryl/α,β-unsaturated/α-hetero) is 1. The van der Waals surface area contributed by atoms with Crippen LogP contribution >= 0.6 is 0 Å². The minimum atomic E-state index is -0.492. The van der Waals surface area contributed by atoms with Crippen LogP contribution in [0.25, 0.3) is 6.08 Å². The smallest absolute Gasteiger partial charge is 0.270 e. The Kier molecular flexibility index (Phi) is 5.05. The number of hydrogen-bond acceptors (Lipinski definition) is 4. The van der Waals surface area contributed by atoms with Crippen LogP contribution in [0.4, 0.5) is 5.69 Å². The summed E-state index contributed by atoms with van der Waals surface area (Å²) >= 11 is 0. The van der Waals surface area contributed by atoms with Crippen molar-refractivity contribution < 1.29 is 14.5 Å². The number of benzene rings is 1. The third kappa shape index (κ3) is 3.69. The third-order valence-corrected chi connectivity index (χ3v) is 2.29. The number of nitro groups is 1. The molecule has 0 bridgehead atoms. The number of nitrogens with zero attached hydrogens (tertiary/aromatic N) is 1. The molecule has 0 aromatic heterocycles. The van der Waals surface area contributed by atoms with Crippen molar-refractivity contribution >= 4 is 17.5 Å². The fourth-order valence-electron chi connectivity index (χ4n) is 1.43. The van der Waals surface area contributed by atoms with E-state index in [0.29, 0.717) is 17.7 Å². The molecule has 0 amide bonds. The first-order valence-electron chi connectivity index (χ1n) is 5.63. The molecule has 0 saturated heterocycles. The highest BCUT2D eigenvalue weighted by Gasteiger charge is 2.11. The lowest BCUT2D eigenvalue weighted by Gasteiger charge is -2.02. The Morgan fingerprint density at radius 1 is 1.50 bits per heavy atom. The van der Waals surface area contributed by atoms with Crippen molar-refractivity contribution in [2.24, 2.45) is 0 Å². The standard InChI is InChI=1S/C13H15NO4/c1-3-7-18-8-6-11-9-12(14(16)17)4-5-13(11)10(2)15/h4-6,8-9H,3,7H2,1-2H3/b8-6+. The summed E-state index contributed by atoms with van der Waals surface area (Å²) in [6.07, 6.45) is 3.90. The monoisotopic (exact) mass is 249 g/mol. The fourth-order valence-corrected chi connectivity index (χ4v) is 1.43. The molecule has 1 aromatic carbocycles. The van der Waals surface area contributed by atoms with Crippen LogP contribution in [-0.2, 0) is 4.74 Å². The summed E-state index contributed by atoms with van der Waals surface area (Å²) in [4.78, 5) is 21.6. The maximum Gasteiger partial charge on any atom is 0.270 e. The first-order chi connectivity index (χ1) is 8.56. The van der Waals surface area contributed by atoms with Gasteiger partial charge in [-0.3, -0.25) is 14.9 Å². The van der Waals surface area contributed by atoms with Gasteiger partial charge in [-0.2, -0.15) is 0 Å². The maximum absolute atomic E-state index is 11.4. The van der Waals surface area contributed by atoms with E-state index in [1.54, 1.807) is 6.08 Å². The summed E-state index contributed by atoms with van der Waals surface area (Å²) in [5.74, 6) is -0.139. The molecule has 96 valence electrons. The van der Waals surface area contributed by atoms with E-state index in [0.717, 1.165) is 6.42 Å². The predicted octanol–water partition coefficient (Wildman–Crippen LogP) is 3.19. The Morgan fingerprint density at radius 3 is 2.78 bits per heavy atom. The molecule has 0 aliphatic heterocycles. The Morgan fingerprint density at radius 2 is 2.22 bits per heavy atom. The van der Waals surface area contributed by atoms with Gasteiger partial charge < -0.3 is 4.74 Å². The number of ether oxygens (including phenoxy) is 1. The van der Waals surface area contributed by atoms with Crippen molar-refractivity contribution in [1.82, 2.24) is 0 Å². The van der Waals surface area contributed by atoms with Gasteiger partial charge in [-0.05, 0) is 31.1 Å². The molecule has 18 heavy (non-hydrogen) atoms. The Hall–Kier alpha value is -2.17. The molecule has 1 rings (SSSR count). The number of nitro benzene ring substituents is 1. The van der Waals surface area contributed by atoms with Gasteiger partial charge in [0, 0.05) is 17.7 Å². The number of non-ortho nitro benzene ring substituents is 1. The van der Waals surface area contributed by atoms with E-state index < -0.39 is 4.92 Å². The molecule has 0 fully saturated rings. The number of rotatable bonds is 6. The lowest BCUT2D eigenvalue weighted by molar-refractivity contribution is -0.384. The Labute approximate surface area is 105 Å². The van der Waals surface area contributed by atoms with Crippen LogP contribution in [0, 0.1) is 10.1 Å². The molecule has 0 heterocycles. The molecule has 0 spiro atoms. The fraction of sp³-hybridized carbons (Fsp3) is 0.308. The average Bonchev–Trinajstić information content (AvgIpc) is 2.34. The molecule has 0 aliphatic rings. The molecule has 0 aliphatic carbocycles. The van der Waals surface area contributed by atoms with Crippen molar-refractivity contribution in [3.8, 4) is 0 Å². The van der Waals surface area contributed by atoms with Gasteiger partial charge in [0.2, 0.25) is 0 Å². The van der Waals surface area contributed by atoms with Crippen LogP contribution in [-0.4, -0.2) is 17.3 Å². The molecule has 1 aromatic rings. The molecule has 0 unspecified atom stereocenters. The molecule has 0 radical (unpaired) electrons. The Bertz CT molecular complexity index is 480. The summed E-state index contributed by atoms with van der Waals surface area (Å²) in [5, 5.41) is 10.7. The highest BCUT2D eigenvalue weighted by molar-refractivity contribution is 5.98. The second kappa shape index (κ2) is 6.54. The lowest BCUT2D eigenvalue weighted by atomic mass is 10.0. The quantitative estimate of drug-likeness (QED) is 0.255. The van der Waals surface area contributed by atoms with Gasteiger partial charge in [-0.25, -0.2) is 0 Å². The van der Waals surface area contributed by atoms with Crippen molar-refractivity contribution in [3.05, 3.63) is 45.7 Å². The van der Waals surface area contributed by atoms with E-state index in [4.69, 9.17) is 4.74 Å². The number of carbonyl (C=O) groups is 1. The SMILES string of the molecule is CCCO/C=C/c1cc([N+](=O)[O-])ccc1C(C)=O. The first kappa shape index (κ1) is 13.9. The van der Waals surface area contributed by atoms with Gasteiger partial charge in [-0.15, -0.1) is 0 Å². The van der Waals surface area contributed by atoms with E-state index in [1.165, 1.54) is 31.4 Å². The van der Waals surface area contributed by atoms with E-state index >= 15 is 0 Å². The summed E-state index contributed by atoms with van der Waals surface area (Å²) in [6, 6.07) is 4.14. The summed E-state index contributed by atoms with van der Waals surface area (Å²) < 4.78 is 5.16. The zero-order valence-electron chi connectivity index (χ0n) is 10.4. The molecule has 5 nitrogen and oxygen atoms in total. The van der Waals surface area contributed by atoms with E-state index in [1.807, 2.05) is 6.92 Å². The molecule has 0 saturated carbocycles. The van der Waals surface area contributed by atoms with Gasteiger partial charge in [-0.1, -0.05) is 6.92 Å². The topological polar surface area (TPSA) is 69.4 Å². The normalized spacial score (nSPS) is 10.6. The van der Waals surface area contributed by atoms with Crippen molar-refractivity contribution in [2.75, 3.05) is 6.61 Å². The number of ketones is 1. The highest BCUT2D eigenvalue weighted by Crippen LogP contribution is 2.19. The van der Waals surface area contributed by atoms with Gasteiger partial charge in [0.1, 0.15) is 0 Å². The zero-order chi connectivity index (χ0) is 13.5. The minimum Gasteiger partial charge on any atom is -0.501 e. The first-order valence-corrected chi connectivity index (χ1v) is 5.63. The largest absolute Gasteiger partial charge is 0.501 e. The summed E-state index contributed by atoms with van der Waals surface area (Å²) in [7, 11) is 0. The second-order valence-corrected chi connectivity index (χ2v) is 3.76. The third-order valence-electron chi connectivity index (χ3n) is 2.29. The van der Waals surface area contributed by atoms with Crippen molar-refractivity contribution in [2.45, 2.75) is 20.3 Å².